The van der Waals surface area contributed by atoms with Crippen LogP contribution in [0.25, 0.3) is 0 Å². The zero-order valence-electron chi connectivity index (χ0n) is 18.4. The van der Waals surface area contributed by atoms with Gasteiger partial charge in [0.2, 0.25) is 0 Å². The second-order valence-corrected chi connectivity index (χ2v) is 9.29. The molecule has 0 heterocycles. The monoisotopic (exact) mass is 386 g/mol. The first kappa shape index (κ1) is 25.9. The zero-order chi connectivity index (χ0) is 21.1. The largest absolute Gasteiger partial charge is 0.481 e. The van der Waals surface area contributed by atoms with Crippen LogP contribution in [0.1, 0.15) is 72.6 Å². The molecule has 2 N–H and O–H groups in total. The Balaban J connectivity index is 4.31. The molecule has 0 radical (unpaired) electrons. The van der Waals surface area contributed by atoms with Gasteiger partial charge in [-0.05, 0) is 100 Å². The average molecular weight is 387 g/mol. The lowest BCUT2D eigenvalue weighted by atomic mass is 9.87. The van der Waals surface area contributed by atoms with Crippen LogP contribution in [0.5, 0.6) is 0 Å². The third-order valence-corrected chi connectivity index (χ3v) is 5.29. The number of rotatable bonds is 16. The van der Waals surface area contributed by atoms with Crippen molar-refractivity contribution in [1.82, 2.24) is 9.80 Å². The third kappa shape index (κ3) is 12.0. The van der Waals surface area contributed by atoms with Crippen LogP contribution in [0, 0.1) is 10.8 Å². The van der Waals surface area contributed by atoms with Gasteiger partial charge in [-0.15, -0.1) is 0 Å². The summed E-state index contributed by atoms with van der Waals surface area (Å²) < 4.78 is 0. The van der Waals surface area contributed by atoms with Crippen LogP contribution in [-0.2, 0) is 9.59 Å². The van der Waals surface area contributed by atoms with Crippen molar-refractivity contribution in [3.05, 3.63) is 0 Å². The summed E-state index contributed by atoms with van der Waals surface area (Å²) in [4.78, 5) is 27.0. The minimum absolute atomic E-state index is 0.655. The molecule has 0 aliphatic carbocycles. The van der Waals surface area contributed by atoms with Crippen molar-refractivity contribution >= 4 is 11.9 Å². The first-order valence-corrected chi connectivity index (χ1v) is 10.2. The van der Waals surface area contributed by atoms with E-state index in [2.05, 4.69) is 23.9 Å². The Morgan fingerprint density at radius 2 is 1.04 bits per heavy atom. The second-order valence-electron chi connectivity index (χ2n) is 9.29. The first-order valence-electron chi connectivity index (χ1n) is 10.2. The number of carbonyl (C=O) groups is 2. The van der Waals surface area contributed by atoms with Gasteiger partial charge in [0.05, 0.1) is 10.8 Å². The van der Waals surface area contributed by atoms with Gasteiger partial charge < -0.3 is 20.0 Å². The van der Waals surface area contributed by atoms with Gasteiger partial charge in [-0.3, -0.25) is 9.59 Å². The van der Waals surface area contributed by atoms with Crippen molar-refractivity contribution in [2.75, 3.05) is 40.3 Å². The van der Waals surface area contributed by atoms with E-state index in [9.17, 15) is 19.8 Å². The lowest BCUT2D eigenvalue weighted by Crippen LogP contribution is -2.30. The normalized spacial score (nSPS) is 12.7. The quantitative estimate of drug-likeness (QED) is 0.393. The third-order valence-electron chi connectivity index (χ3n) is 5.29. The molecule has 0 unspecified atom stereocenters. The summed E-state index contributed by atoms with van der Waals surface area (Å²) in [5.41, 5.74) is -1.31. The van der Waals surface area contributed by atoms with Crippen molar-refractivity contribution in [2.24, 2.45) is 10.8 Å². The molecule has 0 atom stereocenters. The molecule has 0 aromatic rings. The van der Waals surface area contributed by atoms with Crippen LogP contribution < -0.4 is 0 Å². The summed E-state index contributed by atoms with van der Waals surface area (Å²) in [6.45, 7) is 11.2. The van der Waals surface area contributed by atoms with E-state index in [4.69, 9.17) is 0 Å². The van der Waals surface area contributed by atoms with Crippen molar-refractivity contribution in [1.29, 1.82) is 0 Å². The van der Waals surface area contributed by atoms with E-state index in [0.717, 1.165) is 58.3 Å². The highest BCUT2D eigenvalue weighted by Gasteiger charge is 2.27. The molecule has 6 nitrogen and oxygen atoms in total. The van der Waals surface area contributed by atoms with Gasteiger partial charge in [-0.2, -0.15) is 0 Å². The van der Waals surface area contributed by atoms with Gasteiger partial charge in [0.1, 0.15) is 0 Å². The Labute approximate surface area is 165 Å². The van der Waals surface area contributed by atoms with E-state index in [-0.39, 0.29) is 0 Å². The molecule has 27 heavy (non-hydrogen) atoms. The van der Waals surface area contributed by atoms with Crippen molar-refractivity contribution in [3.63, 3.8) is 0 Å². The standard InChI is InChI=1S/C21H42N2O4/c1-20(2,18(24)25)12-7-9-15-23(17-11-14-22(5)6)16-10-8-13-21(3,4)19(26)27/h7-17H2,1-6H3,(H,24,25)(H,26,27). The Bertz CT molecular complexity index is 413. The maximum atomic E-state index is 11.2. The number of carboxylic acids is 2. The van der Waals surface area contributed by atoms with Crippen LogP contribution in [0.15, 0.2) is 0 Å². The molecule has 0 aliphatic heterocycles. The summed E-state index contributed by atoms with van der Waals surface area (Å²) in [6.07, 6.45) is 6.32. The van der Waals surface area contributed by atoms with Gasteiger partial charge in [0, 0.05) is 0 Å². The predicted octanol–water partition coefficient (Wildman–Crippen LogP) is 3.80. The van der Waals surface area contributed by atoms with E-state index in [0.29, 0.717) is 12.8 Å². The van der Waals surface area contributed by atoms with Crippen molar-refractivity contribution in [2.45, 2.75) is 72.6 Å². The minimum Gasteiger partial charge on any atom is -0.481 e. The molecule has 0 rings (SSSR count). The van der Waals surface area contributed by atoms with Crippen LogP contribution in [-0.4, -0.2) is 72.2 Å². The van der Waals surface area contributed by atoms with Crippen molar-refractivity contribution in [3.8, 4) is 0 Å². The summed E-state index contributed by atoms with van der Waals surface area (Å²) >= 11 is 0. The highest BCUT2D eigenvalue weighted by Crippen LogP contribution is 2.24. The fourth-order valence-corrected chi connectivity index (χ4v) is 2.96. The lowest BCUT2D eigenvalue weighted by molar-refractivity contribution is -0.148. The summed E-state index contributed by atoms with van der Waals surface area (Å²) in [6, 6.07) is 0. The summed E-state index contributed by atoms with van der Waals surface area (Å²) in [5.74, 6) is -1.46. The summed E-state index contributed by atoms with van der Waals surface area (Å²) in [5, 5.41) is 18.4. The van der Waals surface area contributed by atoms with E-state index in [1.165, 1.54) is 0 Å². The fraction of sp³-hybridized carbons (Fsp3) is 0.905. The Hall–Kier alpha value is -1.14. The summed E-state index contributed by atoms with van der Waals surface area (Å²) in [7, 11) is 4.15. The molecule has 0 aliphatic rings. The molecular weight excluding hydrogens is 344 g/mol. The highest BCUT2D eigenvalue weighted by atomic mass is 16.4. The van der Waals surface area contributed by atoms with Gasteiger partial charge >= 0.3 is 11.9 Å². The predicted molar refractivity (Wildman–Crippen MR) is 110 cm³/mol. The molecule has 0 aromatic carbocycles. The van der Waals surface area contributed by atoms with Gasteiger partial charge in [0.25, 0.3) is 0 Å². The molecule has 0 saturated heterocycles. The van der Waals surface area contributed by atoms with E-state index in [1.54, 1.807) is 27.7 Å². The smallest absolute Gasteiger partial charge is 0.309 e. The fourth-order valence-electron chi connectivity index (χ4n) is 2.96. The molecule has 0 saturated carbocycles. The van der Waals surface area contributed by atoms with E-state index >= 15 is 0 Å². The molecule has 160 valence electrons. The molecular formula is C21H42N2O4. The average Bonchev–Trinajstić information content (AvgIpc) is 2.54. The van der Waals surface area contributed by atoms with Gasteiger partial charge in [0.15, 0.2) is 0 Å². The first-order chi connectivity index (χ1) is 12.4. The van der Waals surface area contributed by atoms with Crippen LogP contribution in [0.2, 0.25) is 0 Å². The maximum absolute atomic E-state index is 11.2. The van der Waals surface area contributed by atoms with Crippen LogP contribution >= 0.6 is 0 Å². The molecule has 6 heteroatoms. The zero-order valence-corrected chi connectivity index (χ0v) is 18.4. The molecule has 0 aromatic heterocycles. The SMILES string of the molecule is CN(C)CCCN(CCCCC(C)(C)C(=O)O)CCCCC(C)(C)C(=O)O. The number of aliphatic carboxylic acids is 2. The number of unbranched alkanes of at least 4 members (excludes halogenated alkanes) is 2. The number of hydrogen-bond acceptors (Lipinski definition) is 4. The molecule has 0 fully saturated rings. The molecule has 0 amide bonds. The Morgan fingerprint density at radius 1 is 0.667 bits per heavy atom. The topological polar surface area (TPSA) is 81.1 Å². The number of hydrogen-bond donors (Lipinski definition) is 2. The Morgan fingerprint density at radius 3 is 1.37 bits per heavy atom. The van der Waals surface area contributed by atoms with Gasteiger partial charge in [-0.25, -0.2) is 0 Å². The highest BCUT2D eigenvalue weighted by molar-refractivity contribution is 5.73. The maximum Gasteiger partial charge on any atom is 0.309 e. The second kappa shape index (κ2) is 12.3. The van der Waals surface area contributed by atoms with Crippen LogP contribution in [0.3, 0.4) is 0 Å². The van der Waals surface area contributed by atoms with Gasteiger partial charge in [-0.1, -0.05) is 12.8 Å². The van der Waals surface area contributed by atoms with Crippen LogP contribution in [0.4, 0.5) is 0 Å². The van der Waals surface area contributed by atoms with Crippen molar-refractivity contribution < 1.29 is 19.8 Å². The molecule has 0 spiro atoms. The minimum atomic E-state index is -0.730. The van der Waals surface area contributed by atoms with E-state index < -0.39 is 22.8 Å². The number of nitrogens with zero attached hydrogens (tertiary/aromatic N) is 2. The number of carboxylic acid groups (broad SMARTS) is 2. The molecule has 0 bridgehead atoms. The lowest BCUT2D eigenvalue weighted by Gasteiger charge is -2.25. The van der Waals surface area contributed by atoms with E-state index in [1.807, 2.05) is 0 Å². The Kier molecular flexibility index (Phi) is 11.8.